The molecule has 138 valence electrons. The second-order valence-corrected chi connectivity index (χ2v) is 6.39. The van der Waals surface area contributed by atoms with Gasteiger partial charge in [0, 0.05) is 19.1 Å². The molecule has 1 saturated heterocycles. The van der Waals surface area contributed by atoms with Crippen molar-refractivity contribution in [2.45, 2.75) is 52.1 Å². The van der Waals surface area contributed by atoms with Crippen LogP contribution in [0.3, 0.4) is 0 Å². The maximum absolute atomic E-state index is 12.2. The van der Waals surface area contributed by atoms with Crippen molar-refractivity contribution >= 4 is 12.1 Å². The number of carbonyl (C=O) groups is 2. The van der Waals surface area contributed by atoms with E-state index in [4.69, 9.17) is 4.74 Å². The summed E-state index contributed by atoms with van der Waals surface area (Å²) in [6.07, 6.45) is 2.22. The summed E-state index contributed by atoms with van der Waals surface area (Å²) in [5.74, 6) is 0. The van der Waals surface area contributed by atoms with E-state index in [1.807, 2.05) is 6.92 Å². The number of ether oxygens (including phenoxy) is 1. The molecule has 1 aromatic carbocycles. The second-order valence-electron chi connectivity index (χ2n) is 6.39. The highest BCUT2D eigenvalue weighted by Gasteiger charge is 2.24. The van der Waals surface area contributed by atoms with Crippen molar-refractivity contribution in [2.75, 3.05) is 19.7 Å². The molecule has 6 heteroatoms. The number of amides is 3. The molecule has 1 aromatic rings. The summed E-state index contributed by atoms with van der Waals surface area (Å²) in [6, 6.07) is 8.17. The van der Waals surface area contributed by atoms with Gasteiger partial charge in [-0.05, 0) is 44.2 Å². The zero-order valence-corrected chi connectivity index (χ0v) is 15.4. The molecular formula is C19H29N3O3. The van der Waals surface area contributed by atoms with Gasteiger partial charge in [0.25, 0.3) is 0 Å². The first-order valence-corrected chi connectivity index (χ1v) is 9.11. The Kier molecular flexibility index (Phi) is 7.10. The van der Waals surface area contributed by atoms with E-state index in [0.717, 1.165) is 24.8 Å². The Morgan fingerprint density at radius 3 is 2.40 bits per heavy atom. The molecule has 1 unspecified atom stereocenters. The van der Waals surface area contributed by atoms with Crippen molar-refractivity contribution in [1.29, 1.82) is 0 Å². The van der Waals surface area contributed by atoms with Crippen molar-refractivity contribution < 1.29 is 14.3 Å². The Morgan fingerprint density at radius 2 is 1.84 bits per heavy atom. The standard InChI is InChI=1S/C19H29N3O3/c1-4-15-6-8-16(9-7-15)14(3)20-18(23)21-17-10-12-22(13-11-17)19(24)25-5-2/h6-9,14,17H,4-5,10-13H2,1-3H3,(H2,20,21,23). The lowest BCUT2D eigenvalue weighted by Crippen LogP contribution is -2.49. The van der Waals surface area contributed by atoms with Gasteiger partial charge < -0.3 is 20.3 Å². The fourth-order valence-electron chi connectivity index (χ4n) is 2.97. The molecule has 2 N–H and O–H groups in total. The van der Waals surface area contributed by atoms with Crippen molar-refractivity contribution in [1.82, 2.24) is 15.5 Å². The number of hydrogen-bond donors (Lipinski definition) is 2. The summed E-state index contributed by atoms with van der Waals surface area (Å²) < 4.78 is 5.00. The predicted octanol–water partition coefficient (Wildman–Crippen LogP) is 3.23. The van der Waals surface area contributed by atoms with E-state index in [9.17, 15) is 9.59 Å². The number of aryl methyl sites for hydroxylation is 1. The third-order valence-electron chi connectivity index (χ3n) is 4.59. The maximum Gasteiger partial charge on any atom is 0.409 e. The third kappa shape index (κ3) is 5.66. The first-order valence-electron chi connectivity index (χ1n) is 9.11. The SMILES string of the molecule is CCOC(=O)N1CCC(NC(=O)NC(C)c2ccc(CC)cc2)CC1. The van der Waals surface area contributed by atoms with Crippen molar-refractivity contribution in [2.24, 2.45) is 0 Å². The molecule has 0 aliphatic carbocycles. The molecule has 1 fully saturated rings. The minimum absolute atomic E-state index is 0.0504. The van der Waals surface area contributed by atoms with Gasteiger partial charge in [-0.2, -0.15) is 0 Å². The molecule has 0 radical (unpaired) electrons. The highest BCUT2D eigenvalue weighted by Crippen LogP contribution is 2.15. The van der Waals surface area contributed by atoms with Gasteiger partial charge in [-0.3, -0.25) is 0 Å². The van der Waals surface area contributed by atoms with Gasteiger partial charge in [0.1, 0.15) is 0 Å². The number of likely N-dealkylation sites (tertiary alicyclic amines) is 1. The van der Waals surface area contributed by atoms with E-state index in [2.05, 4.69) is 41.8 Å². The molecule has 0 bridgehead atoms. The van der Waals surface area contributed by atoms with Crippen LogP contribution in [-0.4, -0.2) is 42.8 Å². The topological polar surface area (TPSA) is 70.7 Å². The van der Waals surface area contributed by atoms with Gasteiger partial charge in [-0.1, -0.05) is 31.2 Å². The van der Waals surface area contributed by atoms with Crippen LogP contribution in [0.2, 0.25) is 0 Å². The summed E-state index contributed by atoms with van der Waals surface area (Å²) >= 11 is 0. The average Bonchev–Trinajstić information content (AvgIpc) is 2.62. The molecule has 0 spiro atoms. The summed E-state index contributed by atoms with van der Waals surface area (Å²) in [4.78, 5) is 25.6. The van der Waals surface area contributed by atoms with Crippen LogP contribution in [0.25, 0.3) is 0 Å². The highest BCUT2D eigenvalue weighted by atomic mass is 16.6. The van der Waals surface area contributed by atoms with Gasteiger partial charge in [0.15, 0.2) is 0 Å². The number of nitrogens with one attached hydrogen (secondary N) is 2. The first kappa shape index (κ1) is 19.1. The van der Waals surface area contributed by atoms with E-state index >= 15 is 0 Å². The van der Waals surface area contributed by atoms with Crippen LogP contribution < -0.4 is 10.6 Å². The molecule has 2 rings (SSSR count). The molecule has 3 amide bonds. The molecule has 0 saturated carbocycles. The lowest BCUT2D eigenvalue weighted by Gasteiger charge is -2.31. The maximum atomic E-state index is 12.2. The van der Waals surface area contributed by atoms with Gasteiger partial charge in [-0.15, -0.1) is 0 Å². The third-order valence-corrected chi connectivity index (χ3v) is 4.59. The lowest BCUT2D eigenvalue weighted by molar-refractivity contribution is 0.0957. The van der Waals surface area contributed by atoms with Crippen molar-refractivity contribution in [3.05, 3.63) is 35.4 Å². The molecule has 25 heavy (non-hydrogen) atoms. The Bertz CT molecular complexity index is 566. The monoisotopic (exact) mass is 347 g/mol. The summed E-state index contributed by atoms with van der Waals surface area (Å²) in [5, 5.41) is 5.98. The largest absolute Gasteiger partial charge is 0.450 e. The number of urea groups is 1. The van der Waals surface area contributed by atoms with E-state index in [1.165, 1.54) is 5.56 Å². The molecule has 1 atom stereocenters. The smallest absolute Gasteiger partial charge is 0.409 e. The van der Waals surface area contributed by atoms with Crippen LogP contribution in [0.1, 0.15) is 50.8 Å². The molecule has 0 aromatic heterocycles. The van der Waals surface area contributed by atoms with Crippen LogP contribution in [0.4, 0.5) is 9.59 Å². The lowest BCUT2D eigenvalue weighted by atomic mass is 10.0. The number of rotatable bonds is 5. The number of benzene rings is 1. The Balaban J connectivity index is 1.75. The summed E-state index contributed by atoms with van der Waals surface area (Å²) in [5.41, 5.74) is 2.37. The molecular weight excluding hydrogens is 318 g/mol. The van der Waals surface area contributed by atoms with Gasteiger partial charge in [0.05, 0.1) is 12.6 Å². The zero-order chi connectivity index (χ0) is 18.2. The molecule has 1 aliphatic heterocycles. The number of hydrogen-bond acceptors (Lipinski definition) is 3. The molecule has 1 aliphatic rings. The van der Waals surface area contributed by atoms with Gasteiger partial charge in [-0.25, -0.2) is 9.59 Å². The molecule has 1 heterocycles. The van der Waals surface area contributed by atoms with Gasteiger partial charge >= 0.3 is 12.1 Å². The molecule has 6 nitrogen and oxygen atoms in total. The van der Waals surface area contributed by atoms with Gasteiger partial charge in [0.2, 0.25) is 0 Å². The number of carbonyl (C=O) groups excluding carboxylic acids is 2. The van der Waals surface area contributed by atoms with E-state index in [0.29, 0.717) is 19.7 Å². The highest BCUT2D eigenvalue weighted by molar-refractivity contribution is 5.75. The van der Waals surface area contributed by atoms with E-state index in [1.54, 1.807) is 11.8 Å². The Morgan fingerprint density at radius 1 is 1.20 bits per heavy atom. The number of piperidine rings is 1. The Hall–Kier alpha value is -2.24. The zero-order valence-electron chi connectivity index (χ0n) is 15.4. The quantitative estimate of drug-likeness (QED) is 0.859. The second kappa shape index (κ2) is 9.30. The predicted molar refractivity (Wildman–Crippen MR) is 97.5 cm³/mol. The fraction of sp³-hybridized carbons (Fsp3) is 0.579. The fourth-order valence-corrected chi connectivity index (χ4v) is 2.97. The van der Waals surface area contributed by atoms with Crippen LogP contribution in [0.15, 0.2) is 24.3 Å². The Labute approximate surface area is 149 Å². The van der Waals surface area contributed by atoms with Crippen molar-refractivity contribution in [3.63, 3.8) is 0 Å². The first-order chi connectivity index (χ1) is 12.0. The van der Waals surface area contributed by atoms with E-state index < -0.39 is 0 Å². The number of nitrogens with zero attached hydrogens (tertiary/aromatic N) is 1. The normalized spacial score (nSPS) is 16.2. The summed E-state index contributed by atoms with van der Waals surface area (Å²) in [6.45, 7) is 7.50. The van der Waals surface area contributed by atoms with Crippen molar-refractivity contribution in [3.8, 4) is 0 Å². The van der Waals surface area contributed by atoms with Crippen LogP contribution in [0, 0.1) is 0 Å². The van der Waals surface area contributed by atoms with Crippen LogP contribution in [0.5, 0.6) is 0 Å². The average molecular weight is 347 g/mol. The minimum atomic E-state index is -0.269. The summed E-state index contributed by atoms with van der Waals surface area (Å²) in [7, 11) is 0. The van der Waals surface area contributed by atoms with E-state index in [-0.39, 0.29) is 24.2 Å². The van der Waals surface area contributed by atoms with Crippen LogP contribution in [-0.2, 0) is 11.2 Å². The minimum Gasteiger partial charge on any atom is -0.450 e. The van der Waals surface area contributed by atoms with Crippen LogP contribution >= 0.6 is 0 Å².